The Hall–Kier alpha value is -0.830. The predicted octanol–water partition coefficient (Wildman–Crippen LogP) is 3.59. The number of hydrogen-bond donors (Lipinski definition) is 1. The van der Waals surface area contributed by atoms with Crippen molar-refractivity contribution >= 4 is 21.9 Å². The molecule has 0 spiro atoms. The van der Waals surface area contributed by atoms with Crippen LogP contribution in [0.1, 0.15) is 31.7 Å². The number of hydrogen-bond acceptors (Lipinski definition) is 1. The molecule has 0 saturated heterocycles. The minimum absolute atomic E-state index is 0.130. The standard InChI is InChI=1S/C13H15BrO2/c1-9-6-13(7-9,8-12(15)16)10-3-2-4-11(14)5-10/h2-5,9H,6-8H2,1H3,(H,15,16). The molecule has 3 heteroatoms. The van der Waals surface area contributed by atoms with Crippen molar-refractivity contribution in [2.75, 3.05) is 0 Å². The van der Waals surface area contributed by atoms with Gasteiger partial charge in [0.05, 0.1) is 6.42 Å². The Bertz CT molecular complexity index is 408. The van der Waals surface area contributed by atoms with Crippen molar-refractivity contribution in [1.29, 1.82) is 0 Å². The first kappa shape index (κ1) is 11.6. The Kier molecular flexibility index (Phi) is 3.06. The number of carboxylic acid groups (broad SMARTS) is 1. The van der Waals surface area contributed by atoms with Gasteiger partial charge in [0.25, 0.3) is 0 Å². The third-order valence-corrected chi connectivity index (χ3v) is 3.90. The largest absolute Gasteiger partial charge is 0.481 e. The van der Waals surface area contributed by atoms with Crippen molar-refractivity contribution < 1.29 is 9.90 Å². The molecule has 1 aromatic carbocycles. The second-order valence-corrected chi connectivity index (χ2v) is 5.79. The van der Waals surface area contributed by atoms with E-state index in [-0.39, 0.29) is 11.8 Å². The van der Waals surface area contributed by atoms with Crippen molar-refractivity contribution in [3.05, 3.63) is 34.3 Å². The normalized spacial score (nSPS) is 28.5. The molecule has 2 rings (SSSR count). The molecule has 0 aromatic heterocycles. The average Bonchev–Trinajstić information content (AvgIpc) is 2.14. The minimum atomic E-state index is -0.702. The predicted molar refractivity (Wildman–Crippen MR) is 66.5 cm³/mol. The van der Waals surface area contributed by atoms with Crippen molar-refractivity contribution in [2.24, 2.45) is 5.92 Å². The summed E-state index contributed by atoms with van der Waals surface area (Å²) in [6.45, 7) is 2.18. The molecule has 1 aliphatic rings. The molecule has 0 amide bonds. The molecule has 0 bridgehead atoms. The van der Waals surface area contributed by atoms with E-state index in [2.05, 4.69) is 28.9 Å². The van der Waals surface area contributed by atoms with Crippen molar-refractivity contribution in [2.45, 2.75) is 31.6 Å². The van der Waals surface area contributed by atoms with Gasteiger partial charge in [-0.15, -0.1) is 0 Å². The van der Waals surface area contributed by atoms with E-state index < -0.39 is 5.97 Å². The molecule has 1 aliphatic carbocycles. The van der Waals surface area contributed by atoms with E-state index in [1.807, 2.05) is 18.2 Å². The van der Waals surface area contributed by atoms with Crippen LogP contribution in [0.2, 0.25) is 0 Å². The number of halogens is 1. The summed E-state index contributed by atoms with van der Waals surface area (Å²) in [5.41, 5.74) is 1.03. The fraction of sp³-hybridized carbons (Fsp3) is 0.462. The van der Waals surface area contributed by atoms with E-state index in [0.717, 1.165) is 22.9 Å². The second-order valence-electron chi connectivity index (χ2n) is 4.87. The van der Waals surface area contributed by atoms with Gasteiger partial charge in [0.15, 0.2) is 0 Å². The van der Waals surface area contributed by atoms with Gasteiger partial charge in [0.2, 0.25) is 0 Å². The molecule has 2 nitrogen and oxygen atoms in total. The van der Waals surface area contributed by atoms with E-state index >= 15 is 0 Å². The van der Waals surface area contributed by atoms with Crippen molar-refractivity contribution in [1.82, 2.24) is 0 Å². The maximum Gasteiger partial charge on any atom is 0.304 e. The lowest BCUT2D eigenvalue weighted by atomic mass is 9.57. The Balaban J connectivity index is 2.29. The van der Waals surface area contributed by atoms with Crippen LogP contribution >= 0.6 is 15.9 Å². The third kappa shape index (κ3) is 2.14. The monoisotopic (exact) mass is 282 g/mol. The van der Waals surface area contributed by atoms with Gasteiger partial charge in [-0.1, -0.05) is 35.0 Å². The zero-order valence-electron chi connectivity index (χ0n) is 9.24. The third-order valence-electron chi connectivity index (χ3n) is 3.41. The Morgan fingerprint density at radius 2 is 2.25 bits per heavy atom. The van der Waals surface area contributed by atoms with E-state index in [1.54, 1.807) is 0 Å². The van der Waals surface area contributed by atoms with E-state index in [4.69, 9.17) is 5.11 Å². The van der Waals surface area contributed by atoms with Crippen LogP contribution in [-0.2, 0) is 10.2 Å². The smallest absolute Gasteiger partial charge is 0.304 e. The Morgan fingerprint density at radius 3 is 2.75 bits per heavy atom. The van der Waals surface area contributed by atoms with Crippen LogP contribution in [0.15, 0.2) is 28.7 Å². The average molecular weight is 283 g/mol. The number of carboxylic acids is 1. The summed E-state index contributed by atoms with van der Waals surface area (Å²) >= 11 is 3.44. The molecule has 1 saturated carbocycles. The molecule has 1 N–H and O–H groups in total. The summed E-state index contributed by atoms with van der Waals surface area (Å²) in [7, 11) is 0. The number of carbonyl (C=O) groups is 1. The van der Waals surface area contributed by atoms with Crippen LogP contribution in [0.25, 0.3) is 0 Å². The molecule has 16 heavy (non-hydrogen) atoms. The summed E-state index contributed by atoms with van der Waals surface area (Å²) < 4.78 is 1.02. The zero-order valence-corrected chi connectivity index (χ0v) is 10.8. The summed E-state index contributed by atoms with van der Waals surface area (Å²) in [6.07, 6.45) is 2.21. The molecule has 0 atom stereocenters. The zero-order chi connectivity index (χ0) is 11.8. The molecule has 1 fully saturated rings. The summed E-state index contributed by atoms with van der Waals surface area (Å²) in [4.78, 5) is 11.0. The molecule has 86 valence electrons. The van der Waals surface area contributed by atoms with Crippen LogP contribution in [-0.4, -0.2) is 11.1 Å². The van der Waals surface area contributed by atoms with Gasteiger partial charge in [-0.2, -0.15) is 0 Å². The maximum absolute atomic E-state index is 11.0. The highest BCUT2D eigenvalue weighted by molar-refractivity contribution is 9.10. The number of rotatable bonds is 3. The number of benzene rings is 1. The van der Waals surface area contributed by atoms with E-state index in [0.29, 0.717) is 5.92 Å². The minimum Gasteiger partial charge on any atom is -0.481 e. The molecule has 0 unspecified atom stereocenters. The highest BCUT2D eigenvalue weighted by Crippen LogP contribution is 2.50. The van der Waals surface area contributed by atoms with Crippen LogP contribution in [0.3, 0.4) is 0 Å². The molecule has 0 radical (unpaired) electrons. The van der Waals surface area contributed by atoms with Crippen LogP contribution in [0.5, 0.6) is 0 Å². The van der Waals surface area contributed by atoms with Crippen LogP contribution in [0, 0.1) is 5.92 Å². The first-order valence-corrected chi connectivity index (χ1v) is 6.29. The molecule has 1 aromatic rings. The lowest BCUT2D eigenvalue weighted by Crippen LogP contribution is -2.41. The van der Waals surface area contributed by atoms with E-state index in [1.165, 1.54) is 0 Å². The van der Waals surface area contributed by atoms with Crippen LogP contribution < -0.4 is 0 Å². The quantitative estimate of drug-likeness (QED) is 0.920. The summed E-state index contributed by atoms with van der Waals surface area (Å²) in [5.74, 6) is -0.0646. The highest BCUT2D eigenvalue weighted by Gasteiger charge is 2.44. The van der Waals surface area contributed by atoms with Gasteiger partial charge >= 0.3 is 5.97 Å². The molecule has 0 aliphatic heterocycles. The lowest BCUT2D eigenvalue weighted by molar-refractivity contribution is -0.140. The molecular weight excluding hydrogens is 268 g/mol. The fourth-order valence-electron chi connectivity index (χ4n) is 2.86. The van der Waals surface area contributed by atoms with Gasteiger partial charge < -0.3 is 5.11 Å². The van der Waals surface area contributed by atoms with Gasteiger partial charge in [0, 0.05) is 9.89 Å². The first-order valence-electron chi connectivity index (χ1n) is 5.50. The second kappa shape index (κ2) is 4.21. The van der Waals surface area contributed by atoms with Gasteiger partial charge in [-0.25, -0.2) is 0 Å². The highest BCUT2D eigenvalue weighted by atomic mass is 79.9. The van der Waals surface area contributed by atoms with Gasteiger partial charge in [-0.05, 0) is 36.5 Å². The fourth-order valence-corrected chi connectivity index (χ4v) is 3.26. The topological polar surface area (TPSA) is 37.3 Å². The Labute approximate surface area is 104 Å². The molecule has 0 heterocycles. The van der Waals surface area contributed by atoms with Crippen LogP contribution in [0.4, 0.5) is 0 Å². The Morgan fingerprint density at radius 1 is 1.56 bits per heavy atom. The SMILES string of the molecule is CC1CC(CC(=O)O)(c2cccc(Br)c2)C1. The molecular formula is C13H15BrO2. The summed E-state index contributed by atoms with van der Waals surface area (Å²) in [6, 6.07) is 8.04. The van der Waals surface area contributed by atoms with Gasteiger partial charge in [-0.3, -0.25) is 4.79 Å². The van der Waals surface area contributed by atoms with Crippen molar-refractivity contribution in [3.63, 3.8) is 0 Å². The maximum atomic E-state index is 11.0. The van der Waals surface area contributed by atoms with E-state index in [9.17, 15) is 4.79 Å². The van der Waals surface area contributed by atoms with Crippen molar-refractivity contribution in [3.8, 4) is 0 Å². The van der Waals surface area contributed by atoms with Gasteiger partial charge in [0.1, 0.15) is 0 Å². The lowest BCUT2D eigenvalue weighted by Gasteiger charge is -2.46. The first-order chi connectivity index (χ1) is 7.52. The number of aliphatic carboxylic acids is 1. The summed E-state index contributed by atoms with van der Waals surface area (Å²) in [5, 5.41) is 9.02.